The first-order chi connectivity index (χ1) is 10.2. The number of ether oxygens (including phenoxy) is 1. The average Bonchev–Trinajstić information content (AvgIpc) is 2.53. The van der Waals surface area contributed by atoms with E-state index < -0.39 is 12.0 Å². The summed E-state index contributed by atoms with van der Waals surface area (Å²) in [4.78, 5) is 14.0. The fourth-order valence-corrected chi connectivity index (χ4v) is 3.89. The molecule has 114 valence electrons. The summed E-state index contributed by atoms with van der Waals surface area (Å²) in [5, 5.41) is 9.74. The van der Waals surface area contributed by atoms with E-state index in [1.165, 1.54) is 5.56 Å². The molecule has 1 aliphatic carbocycles. The van der Waals surface area contributed by atoms with Gasteiger partial charge in [-0.25, -0.2) is 0 Å². The van der Waals surface area contributed by atoms with Crippen molar-refractivity contribution in [1.29, 1.82) is 0 Å². The van der Waals surface area contributed by atoms with Crippen LogP contribution in [0.2, 0.25) is 0 Å². The minimum atomic E-state index is -0.735. The minimum Gasteiger partial charge on any atom is -0.480 e. The molecule has 0 aromatic heterocycles. The number of nitrogens with zero attached hydrogens (tertiary/aromatic N) is 1. The standard InChI is InChI=1S/C17H23NO3/c1-21-14-7-4-6-13(11-14)18-10-9-12-5-2-3-8-15(12)16(18)17(19)20/h2-3,5,8,13-14,16H,4,6-7,9-11H2,1H3,(H,19,20). The van der Waals surface area contributed by atoms with Crippen molar-refractivity contribution >= 4 is 5.97 Å². The SMILES string of the molecule is COC1CCCC(N2CCc3ccccc3C2C(=O)O)C1. The maximum absolute atomic E-state index is 11.8. The Kier molecular flexibility index (Phi) is 4.27. The Morgan fingerprint density at radius 3 is 2.90 bits per heavy atom. The second kappa shape index (κ2) is 6.16. The number of aliphatic carboxylic acids is 1. The number of carbonyl (C=O) groups is 1. The van der Waals surface area contributed by atoms with E-state index in [1.807, 2.05) is 18.2 Å². The van der Waals surface area contributed by atoms with Crippen LogP contribution in [-0.2, 0) is 16.0 Å². The zero-order valence-corrected chi connectivity index (χ0v) is 12.5. The summed E-state index contributed by atoms with van der Waals surface area (Å²) in [6.45, 7) is 0.828. The average molecular weight is 289 g/mol. The summed E-state index contributed by atoms with van der Waals surface area (Å²) in [6, 6.07) is 7.78. The van der Waals surface area contributed by atoms with Crippen LogP contribution in [0.5, 0.6) is 0 Å². The highest BCUT2D eigenvalue weighted by Crippen LogP contribution is 2.36. The van der Waals surface area contributed by atoms with Gasteiger partial charge < -0.3 is 9.84 Å². The van der Waals surface area contributed by atoms with Crippen LogP contribution in [-0.4, -0.2) is 41.8 Å². The lowest BCUT2D eigenvalue weighted by atomic mass is 9.86. The molecule has 1 saturated carbocycles. The monoisotopic (exact) mass is 289 g/mol. The second-order valence-electron chi connectivity index (χ2n) is 6.11. The quantitative estimate of drug-likeness (QED) is 0.929. The predicted molar refractivity (Wildman–Crippen MR) is 80.3 cm³/mol. The third kappa shape index (κ3) is 2.83. The molecule has 1 aromatic rings. The summed E-state index contributed by atoms with van der Waals surface area (Å²) in [7, 11) is 1.76. The Balaban J connectivity index is 1.87. The number of benzene rings is 1. The van der Waals surface area contributed by atoms with Crippen molar-refractivity contribution in [3.63, 3.8) is 0 Å². The van der Waals surface area contributed by atoms with Gasteiger partial charge in [0.25, 0.3) is 0 Å². The van der Waals surface area contributed by atoms with E-state index in [2.05, 4.69) is 11.0 Å². The maximum atomic E-state index is 11.8. The molecule has 3 rings (SSSR count). The number of rotatable bonds is 3. The van der Waals surface area contributed by atoms with Crippen molar-refractivity contribution in [2.24, 2.45) is 0 Å². The van der Waals surface area contributed by atoms with Crippen LogP contribution in [0, 0.1) is 0 Å². The number of methoxy groups -OCH3 is 1. The molecule has 21 heavy (non-hydrogen) atoms. The molecular formula is C17H23NO3. The Hall–Kier alpha value is -1.39. The number of carboxylic acids is 1. The Bertz CT molecular complexity index is 517. The van der Waals surface area contributed by atoms with Gasteiger partial charge in [0.15, 0.2) is 0 Å². The lowest BCUT2D eigenvalue weighted by Gasteiger charge is -2.43. The second-order valence-corrected chi connectivity index (χ2v) is 6.11. The van der Waals surface area contributed by atoms with Crippen molar-refractivity contribution in [3.05, 3.63) is 35.4 Å². The highest BCUT2D eigenvalue weighted by Gasteiger charge is 2.38. The molecule has 1 aliphatic heterocycles. The van der Waals surface area contributed by atoms with Crippen molar-refractivity contribution in [2.75, 3.05) is 13.7 Å². The molecule has 1 heterocycles. The van der Waals surface area contributed by atoms with Gasteiger partial charge in [0, 0.05) is 19.7 Å². The first-order valence-corrected chi connectivity index (χ1v) is 7.80. The van der Waals surface area contributed by atoms with E-state index in [-0.39, 0.29) is 6.10 Å². The van der Waals surface area contributed by atoms with E-state index in [0.717, 1.165) is 44.2 Å². The summed E-state index contributed by atoms with van der Waals surface area (Å²) in [6.07, 6.45) is 5.45. The van der Waals surface area contributed by atoms with E-state index in [4.69, 9.17) is 4.74 Å². The zero-order valence-electron chi connectivity index (χ0n) is 12.5. The Morgan fingerprint density at radius 1 is 1.33 bits per heavy atom. The van der Waals surface area contributed by atoms with Gasteiger partial charge in [-0.05, 0) is 43.2 Å². The molecule has 0 bridgehead atoms. The molecule has 1 fully saturated rings. The van der Waals surface area contributed by atoms with Crippen LogP contribution in [0.4, 0.5) is 0 Å². The first-order valence-electron chi connectivity index (χ1n) is 7.80. The largest absolute Gasteiger partial charge is 0.480 e. The van der Waals surface area contributed by atoms with Crippen LogP contribution in [0.25, 0.3) is 0 Å². The fourth-order valence-electron chi connectivity index (χ4n) is 3.89. The Morgan fingerprint density at radius 2 is 2.14 bits per heavy atom. The molecule has 0 amide bonds. The van der Waals surface area contributed by atoms with E-state index in [1.54, 1.807) is 7.11 Å². The number of hydrogen-bond acceptors (Lipinski definition) is 3. The molecule has 1 N–H and O–H groups in total. The first kappa shape index (κ1) is 14.5. The van der Waals surface area contributed by atoms with Gasteiger partial charge >= 0.3 is 5.97 Å². The molecule has 4 nitrogen and oxygen atoms in total. The van der Waals surface area contributed by atoms with Gasteiger partial charge in [0.1, 0.15) is 6.04 Å². The molecular weight excluding hydrogens is 266 g/mol. The predicted octanol–water partition coefficient (Wildman–Crippen LogP) is 2.63. The van der Waals surface area contributed by atoms with Crippen molar-refractivity contribution in [2.45, 2.75) is 50.3 Å². The summed E-state index contributed by atoms with van der Waals surface area (Å²) in [5.41, 5.74) is 2.15. The maximum Gasteiger partial charge on any atom is 0.325 e. The van der Waals surface area contributed by atoms with Gasteiger partial charge in [-0.15, -0.1) is 0 Å². The topological polar surface area (TPSA) is 49.8 Å². The highest BCUT2D eigenvalue weighted by molar-refractivity contribution is 5.76. The minimum absolute atomic E-state index is 0.273. The van der Waals surface area contributed by atoms with E-state index >= 15 is 0 Å². The fraction of sp³-hybridized carbons (Fsp3) is 0.588. The highest BCUT2D eigenvalue weighted by atomic mass is 16.5. The summed E-state index contributed by atoms with van der Waals surface area (Å²) >= 11 is 0. The number of hydrogen-bond donors (Lipinski definition) is 1. The zero-order chi connectivity index (χ0) is 14.8. The normalized spacial score (nSPS) is 29.9. The molecule has 2 aliphatic rings. The molecule has 1 aromatic carbocycles. The van der Waals surface area contributed by atoms with E-state index in [0.29, 0.717) is 6.04 Å². The van der Waals surface area contributed by atoms with Gasteiger partial charge in [-0.3, -0.25) is 9.69 Å². The third-order valence-electron chi connectivity index (χ3n) is 4.96. The van der Waals surface area contributed by atoms with Crippen molar-refractivity contribution in [1.82, 2.24) is 4.90 Å². The molecule has 3 unspecified atom stereocenters. The Labute approximate surface area is 125 Å². The summed E-state index contributed by atoms with van der Waals surface area (Å²) < 4.78 is 5.50. The molecule has 0 spiro atoms. The van der Waals surface area contributed by atoms with Gasteiger partial charge in [-0.2, -0.15) is 0 Å². The van der Waals surface area contributed by atoms with Crippen molar-refractivity contribution < 1.29 is 14.6 Å². The van der Waals surface area contributed by atoms with Crippen LogP contribution in [0.1, 0.15) is 42.9 Å². The van der Waals surface area contributed by atoms with Gasteiger partial charge in [0.05, 0.1) is 6.10 Å². The molecule has 4 heteroatoms. The number of carboxylic acid groups (broad SMARTS) is 1. The summed E-state index contributed by atoms with van der Waals surface area (Å²) in [5.74, 6) is -0.735. The van der Waals surface area contributed by atoms with Crippen molar-refractivity contribution in [3.8, 4) is 0 Å². The lowest BCUT2D eigenvalue weighted by molar-refractivity contribution is -0.146. The number of fused-ring (bicyclic) bond motifs is 1. The molecule has 0 saturated heterocycles. The van der Waals surface area contributed by atoms with Crippen LogP contribution < -0.4 is 0 Å². The van der Waals surface area contributed by atoms with Crippen LogP contribution in [0.3, 0.4) is 0 Å². The van der Waals surface area contributed by atoms with E-state index in [9.17, 15) is 9.90 Å². The van der Waals surface area contributed by atoms with Crippen LogP contribution in [0.15, 0.2) is 24.3 Å². The molecule has 3 atom stereocenters. The third-order valence-corrected chi connectivity index (χ3v) is 4.96. The molecule has 0 radical (unpaired) electrons. The lowest BCUT2D eigenvalue weighted by Crippen LogP contribution is -2.48. The van der Waals surface area contributed by atoms with Gasteiger partial charge in [-0.1, -0.05) is 24.3 Å². The van der Waals surface area contributed by atoms with Gasteiger partial charge in [0.2, 0.25) is 0 Å². The van der Waals surface area contributed by atoms with Crippen LogP contribution >= 0.6 is 0 Å². The smallest absolute Gasteiger partial charge is 0.325 e.